The van der Waals surface area contributed by atoms with Crippen molar-refractivity contribution >= 4 is 10.9 Å². The lowest BCUT2D eigenvalue weighted by Gasteiger charge is -2.32. The van der Waals surface area contributed by atoms with E-state index < -0.39 is 0 Å². The molecule has 1 saturated heterocycles. The molecule has 140 valence electrons. The Morgan fingerprint density at radius 1 is 1.15 bits per heavy atom. The molecule has 1 aromatic carbocycles. The van der Waals surface area contributed by atoms with Crippen LogP contribution in [0.3, 0.4) is 0 Å². The summed E-state index contributed by atoms with van der Waals surface area (Å²) in [6.07, 6.45) is 7.55. The maximum Gasteiger partial charge on any atom is 0.261 e. The van der Waals surface area contributed by atoms with Crippen LogP contribution in [-0.2, 0) is 13.1 Å². The minimum atomic E-state index is 0.0295. The third-order valence-corrected chi connectivity index (χ3v) is 5.35. The quantitative estimate of drug-likeness (QED) is 0.697. The molecular formula is C21H24N4O2. The van der Waals surface area contributed by atoms with Gasteiger partial charge < -0.3 is 4.74 Å². The minimum absolute atomic E-state index is 0.0295. The predicted molar refractivity (Wildman–Crippen MR) is 105 cm³/mol. The summed E-state index contributed by atoms with van der Waals surface area (Å²) in [7, 11) is 1.61. The van der Waals surface area contributed by atoms with Gasteiger partial charge in [-0.15, -0.1) is 0 Å². The summed E-state index contributed by atoms with van der Waals surface area (Å²) in [5.74, 6) is 1.22. The van der Waals surface area contributed by atoms with Gasteiger partial charge in [0.2, 0.25) is 0 Å². The number of ether oxygens (including phenoxy) is 1. The van der Waals surface area contributed by atoms with Crippen molar-refractivity contribution < 1.29 is 4.74 Å². The van der Waals surface area contributed by atoms with E-state index in [0.717, 1.165) is 39.0 Å². The van der Waals surface area contributed by atoms with Crippen LogP contribution in [0.2, 0.25) is 0 Å². The van der Waals surface area contributed by atoms with Crippen molar-refractivity contribution in [3.8, 4) is 5.75 Å². The Morgan fingerprint density at radius 3 is 2.67 bits per heavy atom. The fourth-order valence-electron chi connectivity index (χ4n) is 3.75. The summed E-state index contributed by atoms with van der Waals surface area (Å²) >= 11 is 0. The number of aromatic nitrogens is 3. The van der Waals surface area contributed by atoms with Crippen LogP contribution in [0.25, 0.3) is 10.9 Å². The van der Waals surface area contributed by atoms with Crippen molar-refractivity contribution in [1.29, 1.82) is 0 Å². The lowest BCUT2D eigenvalue weighted by atomic mass is 9.96. The Bertz CT molecular complexity index is 963. The molecule has 0 bridgehead atoms. The molecule has 27 heavy (non-hydrogen) atoms. The Hall–Kier alpha value is -2.73. The highest BCUT2D eigenvalue weighted by Crippen LogP contribution is 2.21. The first-order chi connectivity index (χ1) is 13.2. The minimum Gasteiger partial charge on any atom is -0.497 e. The number of rotatable bonds is 5. The largest absolute Gasteiger partial charge is 0.497 e. The van der Waals surface area contributed by atoms with Gasteiger partial charge in [0.05, 0.1) is 24.3 Å². The molecule has 0 unspecified atom stereocenters. The van der Waals surface area contributed by atoms with E-state index in [1.807, 2.05) is 18.5 Å². The molecule has 4 rings (SSSR count). The molecule has 6 nitrogen and oxygen atoms in total. The molecule has 0 spiro atoms. The second-order valence-corrected chi connectivity index (χ2v) is 7.16. The van der Waals surface area contributed by atoms with Gasteiger partial charge in [0.15, 0.2) is 0 Å². The Balaban J connectivity index is 1.40. The average Bonchev–Trinajstić information content (AvgIpc) is 2.72. The summed E-state index contributed by atoms with van der Waals surface area (Å²) in [5, 5.41) is 0.647. The second kappa shape index (κ2) is 7.88. The fraction of sp³-hybridized carbons (Fsp3) is 0.381. The van der Waals surface area contributed by atoms with Crippen LogP contribution in [0.15, 0.2) is 53.8 Å². The molecule has 0 atom stereocenters. The van der Waals surface area contributed by atoms with Crippen LogP contribution in [0.5, 0.6) is 5.75 Å². The van der Waals surface area contributed by atoms with Gasteiger partial charge in [-0.3, -0.25) is 19.2 Å². The lowest BCUT2D eigenvalue weighted by molar-refractivity contribution is 0.166. The number of piperidine rings is 1. The van der Waals surface area contributed by atoms with E-state index >= 15 is 0 Å². The van der Waals surface area contributed by atoms with E-state index in [-0.39, 0.29) is 5.56 Å². The van der Waals surface area contributed by atoms with E-state index in [2.05, 4.69) is 27.0 Å². The van der Waals surface area contributed by atoms with Crippen molar-refractivity contribution in [3.63, 3.8) is 0 Å². The summed E-state index contributed by atoms with van der Waals surface area (Å²) in [6, 6.07) is 9.56. The van der Waals surface area contributed by atoms with Gasteiger partial charge in [-0.05, 0) is 61.7 Å². The van der Waals surface area contributed by atoms with Gasteiger partial charge in [0.25, 0.3) is 5.56 Å². The molecule has 1 aliphatic rings. The molecule has 0 aliphatic carbocycles. The van der Waals surface area contributed by atoms with E-state index in [1.165, 1.54) is 5.56 Å². The maximum atomic E-state index is 12.8. The lowest BCUT2D eigenvalue weighted by Crippen LogP contribution is -2.36. The van der Waals surface area contributed by atoms with E-state index in [1.54, 1.807) is 30.1 Å². The Kier molecular flexibility index (Phi) is 5.16. The molecule has 0 amide bonds. The van der Waals surface area contributed by atoms with Crippen LogP contribution in [-0.4, -0.2) is 39.6 Å². The highest BCUT2D eigenvalue weighted by atomic mass is 16.5. The highest BCUT2D eigenvalue weighted by molar-refractivity contribution is 5.78. The van der Waals surface area contributed by atoms with Crippen molar-refractivity contribution in [1.82, 2.24) is 19.4 Å². The molecule has 3 aromatic rings. The first-order valence-electron chi connectivity index (χ1n) is 9.37. The maximum absolute atomic E-state index is 12.8. The van der Waals surface area contributed by atoms with E-state index in [0.29, 0.717) is 22.6 Å². The van der Waals surface area contributed by atoms with E-state index in [9.17, 15) is 4.79 Å². The second-order valence-electron chi connectivity index (χ2n) is 7.16. The van der Waals surface area contributed by atoms with Gasteiger partial charge >= 0.3 is 0 Å². The van der Waals surface area contributed by atoms with Crippen molar-refractivity contribution in [2.45, 2.75) is 25.9 Å². The third kappa shape index (κ3) is 4.01. The topological polar surface area (TPSA) is 60.2 Å². The predicted octanol–water partition coefficient (Wildman–Crippen LogP) is 2.71. The number of fused-ring (bicyclic) bond motifs is 1. The summed E-state index contributed by atoms with van der Waals surface area (Å²) in [4.78, 5) is 23.8. The van der Waals surface area contributed by atoms with Crippen LogP contribution in [0.4, 0.5) is 0 Å². The standard InChI is InChI=1S/C21H24N4O2/c1-27-18-2-3-19-20(12-18)23-15-25(21(19)26)14-17-6-10-24(11-7-17)13-16-4-8-22-9-5-16/h2-5,8-9,12,15,17H,6-7,10-11,13-14H2,1H3. The van der Waals surface area contributed by atoms with Gasteiger partial charge in [-0.1, -0.05) is 0 Å². The zero-order chi connectivity index (χ0) is 18.6. The first-order valence-corrected chi connectivity index (χ1v) is 9.37. The van der Waals surface area contributed by atoms with Gasteiger partial charge in [0, 0.05) is 31.5 Å². The first kappa shape index (κ1) is 17.7. The number of likely N-dealkylation sites (tertiary alicyclic amines) is 1. The molecule has 0 N–H and O–H groups in total. The molecule has 0 saturated carbocycles. The third-order valence-electron chi connectivity index (χ3n) is 5.35. The Labute approximate surface area is 158 Å². The molecule has 3 heterocycles. The molecule has 0 radical (unpaired) electrons. The number of hydrogen-bond donors (Lipinski definition) is 0. The molecule has 1 fully saturated rings. The Morgan fingerprint density at radius 2 is 1.93 bits per heavy atom. The van der Waals surface area contributed by atoms with Crippen LogP contribution >= 0.6 is 0 Å². The van der Waals surface area contributed by atoms with Gasteiger partial charge in [-0.25, -0.2) is 4.98 Å². The molecule has 2 aromatic heterocycles. The zero-order valence-corrected chi connectivity index (χ0v) is 15.5. The summed E-state index contributed by atoms with van der Waals surface area (Å²) < 4.78 is 6.97. The number of nitrogens with zero attached hydrogens (tertiary/aromatic N) is 4. The SMILES string of the molecule is COc1ccc2c(=O)n(CC3CCN(Cc4ccncc4)CC3)cnc2c1. The van der Waals surface area contributed by atoms with Crippen molar-refractivity contribution in [2.75, 3.05) is 20.2 Å². The molecular weight excluding hydrogens is 340 g/mol. The normalized spacial score (nSPS) is 15.9. The average molecular weight is 364 g/mol. The summed E-state index contributed by atoms with van der Waals surface area (Å²) in [5.41, 5.74) is 2.01. The molecule has 1 aliphatic heterocycles. The van der Waals surface area contributed by atoms with Crippen LogP contribution < -0.4 is 10.3 Å². The summed E-state index contributed by atoms with van der Waals surface area (Å²) in [6.45, 7) is 3.81. The number of pyridine rings is 1. The fourth-order valence-corrected chi connectivity index (χ4v) is 3.75. The number of benzene rings is 1. The van der Waals surface area contributed by atoms with Gasteiger partial charge in [0.1, 0.15) is 5.75 Å². The van der Waals surface area contributed by atoms with Crippen molar-refractivity contribution in [3.05, 3.63) is 65.0 Å². The zero-order valence-electron chi connectivity index (χ0n) is 15.5. The smallest absolute Gasteiger partial charge is 0.261 e. The monoisotopic (exact) mass is 364 g/mol. The number of methoxy groups -OCH3 is 1. The number of hydrogen-bond acceptors (Lipinski definition) is 5. The van der Waals surface area contributed by atoms with E-state index in [4.69, 9.17) is 4.74 Å². The molecule has 6 heteroatoms. The van der Waals surface area contributed by atoms with Gasteiger partial charge in [-0.2, -0.15) is 0 Å². The highest BCUT2D eigenvalue weighted by Gasteiger charge is 2.20. The van der Waals surface area contributed by atoms with Crippen LogP contribution in [0.1, 0.15) is 18.4 Å². The van der Waals surface area contributed by atoms with Crippen molar-refractivity contribution in [2.24, 2.45) is 5.92 Å². The van der Waals surface area contributed by atoms with Crippen LogP contribution in [0, 0.1) is 5.92 Å².